The Bertz CT molecular complexity index is 585. The first-order chi connectivity index (χ1) is 11.5. The normalized spacial score (nSPS) is 27.7. The number of halogens is 1. The highest BCUT2D eigenvalue weighted by Gasteiger charge is 2.38. The van der Waals surface area contributed by atoms with Crippen molar-refractivity contribution in [2.24, 2.45) is 17.8 Å². The Morgan fingerprint density at radius 1 is 1.33 bits per heavy atom. The molecular formula is C19H27FN2O2. The zero-order chi connectivity index (χ0) is 17.3. The molecule has 1 aromatic carbocycles. The molecule has 2 aliphatic rings. The van der Waals surface area contributed by atoms with Gasteiger partial charge in [-0.05, 0) is 48.9 Å². The van der Waals surface area contributed by atoms with Crippen molar-refractivity contribution in [2.45, 2.75) is 32.6 Å². The molecule has 1 amide bonds. The number of rotatable bonds is 3. The minimum absolute atomic E-state index is 0.0460. The third kappa shape index (κ3) is 3.56. The number of aromatic hydroxyl groups is 1. The molecule has 1 unspecified atom stereocenters. The van der Waals surface area contributed by atoms with Gasteiger partial charge in [-0.25, -0.2) is 4.39 Å². The smallest absolute Gasteiger partial charge is 0.227 e. The number of nitrogens with one attached hydrogen (secondary N) is 1. The van der Waals surface area contributed by atoms with E-state index in [9.17, 15) is 14.3 Å². The Hall–Kier alpha value is -1.62. The number of carbonyl (C=O) groups is 1. The number of hydrogen-bond donors (Lipinski definition) is 2. The summed E-state index contributed by atoms with van der Waals surface area (Å²) in [5.74, 6) is 0.761. The predicted molar refractivity (Wildman–Crippen MR) is 91.3 cm³/mol. The van der Waals surface area contributed by atoms with Gasteiger partial charge >= 0.3 is 0 Å². The van der Waals surface area contributed by atoms with E-state index in [1.807, 2.05) is 4.90 Å². The molecule has 0 saturated carbocycles. The lowest BCUT2D eigenvalue weighted by molar-refractivity contribution is -0.137. The fraction of sp³-hybridized carbons (Fsp3) is 0.632. The van der Waals surface area contributed by atoms with Gasteiger partial charge in [0.15, 0.2) is 0 Å². The standard InChI is InChI=1S/C19H27FN2O2/c1-12(2)17-9-21-10-18(17)19(24)22-5-3-4-13(11-22)14-6-15(20)8-16(23)7-14/h6-8,12-13,17-18,21,23H,3-5,9-11H2,1-2H3/t13?,17-,18+/m0/s1. The Morgan fingerprint density at radius 3 is 2.83 bits per heavy atom. The first-order valence-corrected chi connectivity index (χ1v) is 8.94. The van der Waals surface area contributed by atoms with Crippen LogP contribution < -0.4 is 5.32 Å². The van der Waals surface area contributed by atoms with Crippen LogP contribution >= 0.6 is 0 Å². The van der Waals surface area contributed by atoms with Gasteiger partial charge in [-0.15, -0.1) is 0 Å². The highest BCUT2D eigenvalue weighted by atomic mass is 19.1. The van der Waals surface area contributed by atoms with Crippen LogP contribution in [0.25, 0.3) is 0 Å². The fourth-order valence-electron chi connectivity index (χ4n) is 4.19. The minimum atomic E-state index is -0.423. The maximum absolute atomic E-state index is 13.6. The number of phenols is 1. The molecule has 0 radical (unpaired) electrons. The molecular weight excluding hydrogens is 307 g/mol. The monoisotopic (exact) mass is 334 g/mol. The van der Waals surface area contributed by atoms with Gasteiger partial charge in [0.05, 0.1) is 5.92 Å². The maximum atomic E-state index is 13.6. The van der Waals surface area contributed by atoms with E-state index in [0.717, 1.165) is 44.1 Å². The summed E-state index contributed by atoms with van der Waals surface area (Å²) >= 11 is 0. The highest BCUT2D eigenvalue weighted by Crippen LogP contribution is 2.32. The minimum Gasteiger partial charge on any atom is -0.508 e. The van der Waals surface area contributed by atoms with E-state index in [1.165, 1.54) is 6.07 Å². The van der Waals surface area contributed by atoms with Crippen LogP contribution in [0, 0.1) is 23.6 Å². The SMILES string of the molecule is CC(C)[C@@H]1CNC[C@H]1C(=O)N1CCCC(c2cc(O)cc(F)c2)C1. The first kappa shape index (κ1) is 17.2. The zero-order valence-electron chi connectivity index (χ0n) is 14.5. The van der Waals surface area contributed by atoms with Crippen molar-refractivity contribution in [3.8, 4) is 5.75 Å². The van der Waals surface area contributed by atoms with Gasteiger partial charge < -0.3 is 15.3 Å². The molecule has 132 valence electrons. The summed E-state index contributed by atoms with van der Waals surface area (Å²) in [6, 6.07) is 4.22. The molecule has 2 aliphatic heterocycles. The van der Waals surface area contributed by atoms with Crippen molar-refractivity contribution in [3.63, 3.8) is 0 Å². The van der Waals surface area contributed by atoms with Crippen LogP contribution in [0.4, 0.5) is 4.39 Å². The van der Waals surface area contributed by atoms with Gasteiger partial charge in [0.1, 0.15) is 11.6 Å². The molecule has 1 aromatic rings. The molecule has 0 bridgehead atoms. The first-order valence-electron chi connectivity index (χ1n) is 8.94. The van der Waals surface area contributed by atoms with Crippen LogP contribution in [0.3, 0.4) is 0 Å². The number of likely N-dealkylation sites (tertiary alicyclic amines) is 1. The van der Waals surface area contributed by atoms with E-state index in [0.29, 0.717) is 18.4 Å². The van der Waals surface area contributed by atoms with Crippen LogP contribution in [-0.4, -0.2) is 42.1 Å². The summed E-state index contributed by atoms with van der Waals surface area (Å²) in [5, 5.41) is 13.0. The molecule has 24 heavy (non-hydrogen) atoms. The summed E-state index contributed by atoms with van der Waals surface area (Å²) in [5.41, 5.74) is 0.787. The number of hydrogen-bond acceptors (Lipinski definition) is 3. The van der Waals surface area contributed by atoms with Gasteiger partial charge in [0, 0.05) is 31.6 Å². The van der Waals surface area contributed by atoms with Crippen molar-refractivity contribution < 1.29 is 14.3 Å². The lowest BCUT2D eigenvalue weighted by Crippen LogP contribution is -2.44. The highest BCUT2D eigenvalue weighted by molar-refractivity contribution is 5.80. The number of nitrogens with zero attached hydrogens (tertiary/aromatic N) is 1. The van der Waals surface area contributed by atoms with Crippen LogP contribution in [0.5, 0.6) is 5.75 Å². The van der Waals surface area contributed by atoms with E-state index in [4.69, 9.17) is 0 Å². The number of amides is 1. The Balaban J connectivity index is 1.72. The second kappa shape index (κ2) is 7.09. The molecule has 0 spiro atoms. The Kier molecular flexibility index (Phi) is 5.09. The number of piperidine rings is 1. The molecule has 2 saturated heterocycles. The Morgan fingerprint density at radius 2 is 2.12 bits per heavy atom. The van der Waals surface area contributed by atoms with Crippen molar-refractivity contribution in [1.82, 2.24) is 10.2 Å². The molecule has 3 atom stereocenters. The van der Waals surface area contributed by atoms with Gasteiger partial charge in [0.2, 0.25) is 5.91 Å². The molecule has 5 heteroatoms. The van der Waals surface area contributed by atoms with Crippen molar-refractivity contribution in [3.05, 3.63) is 29.6 Å². The summed E-state index contributed by atoms with van der Waals surface area (Å²) in [6.45, 7) is 7.40. The summed E-state index contributed by atoms with van der Waals surface area (Å²) < 4.78 is 13.6. The molecule has 2 heterocycles. The maximum Gasteiger partial charge on any atom is 0.227 e. The summed E-state index contributed by atoms with van der Waals surface area (Å²) in [6.07, 6.45) is 1.84. The number of phenolic OH excluding ortho intramolecular Hbond substituents is 1. The van der Waals surface area contributed by atoms with Gasteiger partial charge in [-0.1, -0.05) is 13.8 Å². The summed E-state index contributed by atoms with van der Waals surface area (Å²) in [4.78, 5) is 14.9. The van der Waals surface area contributed by atoms with Crippen molar-refractivity contribution >= 4 is 5.91 Å². The van der Waals surface area contributed by atoms with E-state index in [1.54, 1.807) is 6.07 Å². The van der Waals surface area contributed by atoms with Crippen LogP contribution in [0.15, 0.2) is 18.2 Å². The second-order valence-corrected chi connectivity index (χ2v) is 7.54. The predicted octanol–water partition coefficient (Wildman–Crippen LogP) is 2.73. The van der Waals surface area contributed by atoms with Crippen molar-refractivity contribution in [2.75, 3.05) is 26.2 Å². The summed E-state index contributed by atoms with van der Waals surface area (Å²) in [7, 11) is 0. The molecule has 0 aliphatic carbocycles. The zero-order valence-corrected chi connectivity index (χ0v) is 14.5. The molecule has 2 fully saturated rings. The van der Waals surface area contributed by atoms with E-state index >= 15 is 0 Å². The third-order valence-corrected chi connectivity index (χ3v) is 5.54. The van der Waals surface area contributed by atoms with E-state index in [-0.39, 0.29) is 23.5 Å². The van der Waals surface area contributed by atoms with Crippen molar-refractivity contribution in [1.29, 1.82) is 0 Å². The lowest BCUT2D eigenvalue weighted by Gasteiger charge is -2.36. The molecule has 3 rings (SSSR count). The Labute approximate surface area is 143 Å². The third-order valence-electron chi connectivity index (χ3n) is 5.54. The number of benzene rings is 1. The van der Waals surface area contributed by atoms with Gasteiger partial charge in [-0.3, -0.25) is 4.79 Å². The molecule has 2 N–H and O–H groups in total. The second-order valence-electron chi connectivity index (χ2n) is 7.54. The van der Waals surface area contributed by atoms with Crippen LogP contribution in [0.2, 0.25) is 0 Å². The van der Waals surface area contributed by atoms with E-state index < -0.39 is 5.82 Å². The van der Waals surface area contributed by atoms with Crippen LogP contribution in [0.1, 0.15) is 38.2 Å². The average Bonchev–Trinajstić information content (AvgIpc) is 3.03. The van der Waals surface area contributed by atoms with Crippen LogP contribution in [-0.2, 0) is 4.79 Å². The van der Waals surface area contributed by atoms with Gasteiger partial charge in [0.25, 0.3) is 0 Å². The van der Waals surface area contributed by atoms with Gasteiger partial charge in [-0.2, -0.15) is 0 Å². The number of carbonyl (C=O) groups excluding carboxylic acids is 1. The fourth-order valence-corrected chi connectivity index (χ4v) is 4.19. The quantitative estimate of drug-likeness (QED) is 0.894. The molecule has 4 nitrogen and oxygen atoms in total. The van der Waals surface area contributed by atoms with E-state index in [2.05, 4.69) is 19.2 Å². The molecule has 0 aromatic heterocycles. The average molecular weight is 334 g/mol. The largest absolute Gasteiger partial charge is 0.508 e. The topological polar surface area (TPSA) is 52.6 Å². The lowest BCUT2D eigenvalue weighted by atomic mass is 9.84.